The Kier molecular flexibility index (Phi) is 8.60. The van der Waals surface area contributed by atoms with Crippen molar-refractivity contribution in [3.05, 3.63) is 78.9 Å². The van der Waals surface area contributed by atoms with Crippen LogP contribution in [-0.2, 0) is 23.2 Å². The predicted octanol–water partition coefficient (Wildman–Crippen LogP) is 6.67. The highest BCUT2D eigenvalue weighted by Crippen LogP contribution is 2.70. The molecule has 38 heavy (non-hydrogen) atoms. The molecule has 2 heterocycles. The smallest absolute Gasteiger partial charge is 0.274 e. The minimum atomic E-state index is -3.86. The number of hydrogen-bond donors (Lipinski definition) is 0. The molecule has 0 saturated carbocycles. The Hall–Kier alpha value is -2.56. The molecule has 2 fully saturated rings. The summed E-state index contributed by atoms with van der Waals surface area (Å²) in [6, 6.07) is 24.4. The van der Waals surface area contributed by atoms with E-state index in [1.165, 1.54) is 0 Å². The van der Waals surface area contributed by atoms with Crippen LogP contribution < -0.4 is 9.47 Å². The van der Waals surface area contributed by atoms with Gasteiger partial charge in [-0.15, -0.1) is 0 Å². The molecule has 3 aromatic carbocycles. The van der Waals surface area contributed by atoms with Gasteiger partial charge in [0, 0.05) is 27.5 Å². The molecule has 2 saturated heterocycles. The third-order valence-electron chi connectivity index (χ3n) is 6.42. The third kappa shape index (κ3) is 6.52. The van der Waals surface area contributed by atoms with E-state index in [1.54, 1.807) is 0 Å². The Morgan fingerprint density at radius 1 is 0.632 bits per heavy atom. The molecule has 204 valence electrons. The van der Waals surface area contributed by atoms with Crippen LogP contribution in [0.3, 0.4) is 0 Å². The summed E-state index contributed by atoms with van der Waals surface area (Å²) in [6.45, 7) is 1.39. The van der Waals surface area contributed by atoms with Gasteiger partial charge in [0.15, 0.2) is 12.6 Å². The highest BCUT2D eigenvalue weighted by Gasteiger charge is 2.36. The van der Waals surface area contributed by atoms with Gasteiger partial charge in [0.2, 0.25) is 0 Å². The Morgan fingerprint density at radius 3 is 1.47 bits per heavy atom. The fourth-order valence-corrected chi connectivity index (χ4v) is 9.48. The first-order valence-corrected chi connectivity index (χ1v) is 16.4. The van der Waals surface area contributed by atoms with E-state index < -0.39 is 20.4 Å². The maximum absolute atomic E-state index is 12.7. The third-order valence-corrected chi connectivity index (χ3v) is 11.0. The lowest BCUT2D eigenvalue weighted by atomic mass is 10.2. The minimum Gasteiger partial charge on any atom is -0.465 e. The van der Waals surface area contributed by atoms with Gasteiger partial charge >= 0.3 is 0 Å². The Bertz CT molecular complexity index is 1200. The van der Waals surface area contributed by atoms with Crippen LogP contribution in [0.25, 0.3) is 0 Å². The van der Waals surface area contributed by atoms with Crippen LogP contribution in [0.4, 0.5) is 0 Å². The second kappa shape index (κ2) is 12.1. The lowest BCUT2D eigenvalue weighted by Crippen LogP contribution is -2.25. The molecule has 0 aliphatic carbocycles. The molecule has 0 N–H and O–H groups in total. The molecule has 5 rings (SSSR count). The maximum atomic E-state index is 12.7. The highest BCUT2D eigenvalue weighted by atomic mass is 32.3. The first kappa shape index (κ1) is 27.0. The van der Waals surface area contributed by atoms with Gasteiger partial charge in [-0.1, -0.05) is 18.2 Å². The molecule has 0 spiro atoms. The van der Waals surface area contributed by atoms with Crippen molar-refractivity contribution in [2.45, 2.75) is 65.8 Å². The highest BCUT2D eigenvalue weighted by molar-refractivity contribution is 8.33. The van der Waals surface area contributed by atoms with Gasteiger partial charge in [-0.3, -0.25) is 0 Å². The van der Waals surface area contributed by atoms with Crippen molar-refractivity contribution < 1.29 is 31.0 Å². The van der Waals surface area contributed by atoms with Crippen molar-refractivity contribution >= 4 is 20.4 Å². The molecule has 7 nitrogen and oxygen atoms in total. The molecule has 0 bridgehead atoms. The van der Waals surface area contributed by atoms with Crippen molar-refractivity contribution in [1.82, 2.24) is 0 Å². The molecule has 3 aromatic rings. The SMILES string of the molecule is CS(=O)(=O)OS(c1ccccc1)(c1ccc(OC2CCCCO2)cc1)c1ccc(OC2CCCCO2)cc1. The van der Waals surface area contributed by atoms with Gasteiger partial charge in [0.05, 0.1) is 19.5 Å². The van der Waals surface area contributed by atoms with E-state index >= 15 is 0 Å². The summed E-state index contributed by atoms with van der Waals surface area (Å²) < 4.78 is 55.0. The predicted molar refractivity (Wildman–Crippen MR) is 146 cm³/mol. The van der Waals surface area contributed by atoms with Crippen LogP contribution in [0.15, 0.2) is 93.5 Å². The van der Waals surface area contributed by atoms with Gasteiger partial charge in [-0.25, -0.2) is 3.63 Å². The molecular weight excluding hydrogens is 524 g/mol. The largest absolute Gasteiger partial charge is 0.465 e. The number of ether oxygens (including phenoxy) is 4. The Balaban J connectivity index is 1.52. The Labute approximate surface area is 226 Å². The van der Waals surface area contributed by atoms with Gasteiger partial charge in [-0.2, -0.15) is 8.42 Å². The van der Waals surface area contributed by atoms with Crippen molar-refractivity contribution in [2.24, 2.45) is 0 Å². The molecule has 2 atom stereocenters. The summed E-state index contributed by atoms with van der Waals surface area (Å²) in [4.78, 5) is 2.23. The maximum Gasteiger partial charge on any atom is 0.274 e. The van der Waals surface area contributed by atoms with Crippen molar-refractivity contribution in [2.75, 3.05) is 19.5 Å². The zero-order chi connectivity index (χ0) is 26.4. The molecular formula is C29H34O7S2. The van der Waals surface area contributed by atoms with E-state index in [0.29, 0.717) is 24.7 Å². The topological polar surface area (TPSA) is 80.3 Å². The molecule has 0 aromatic heterocycles. The quantitative estimate of drug-likeness (QED) is 0.290. The van der Waals surface area contributed by atoms with E-state index in [2.05, 4.69) is 0 Å². The van der Waals surface area contributed by atoms with Crippen LogP contribution in [0.2, 0.25) is 0 Å². The number of rotatable bonds is 9. The average molecular weight is 559 g/mol. The average Bonchev–Trinajstić information content (AvgIpc) is 2.94. The number of benzene rings is 3. The van der Waals surface area contributed by atoms with Crippen molar-refractivity contribution in [3.8, 4) is 11.5 Å². The summed E-state index contributed by atoms with van der Waals surface area (Å²) in [6.07, 6.45) is 6.47. The second-order valence-corrected chi connectivity index (χ2v) is 13.9. The van der Waals surface area contributed by atoms with E-state index in [0.717, 1.165) is 59.5 Å². The van der Waals surface area contributed by atoms with Crippen LogP contribution in [-0.4, -0.2) is 40.5 Å². The summed E-state index contributed by atoms with van der Waals surface area (Å²) in [5.74, 6) is 1.33. The summed E-state index contributed by atoms with van der Waals surface area (Å²) in [7, 11) is -6.51. The normalized spacial score (nSPS) is 22.7. The monoisotopic (exact) mass is 558 g/mol. The van der Waals surface area contributed by atoms with Gasteiger partial charge in [0.25, 0.3) is 10.1 Å². The lowest BCUT2D eigenvalue weighted by molar-refractivity contribution is -0.106. The molecule has 0 amide bonds. The van der Waals surface area contributed by atoms with Gasteiger partial charge in [0.1, 0.15) is 11.5 Å². The zero-order valence-electron chi connectivity index (χ0n) is 21.5. The molecule has 9 heteroatoms. The fraction of sp³-hybridized carbons (Fsp3) is 0.379. The van der Waals surface area contributed by atoms with Crippen LogP contribution in [0, 0.1) is 0 Å². The molecule has 2 aliphatic rings. The van der Waals surface area contributed by atoms with E-state index in [4.69, 9.17) is 22.6 Å². The van der Waals surface area contributed by atoms with Crippen LogP contribution in [0.5, 0.6) is 11.5 Å². The summed E-state index contributed by atoms with van der Waals surface area (Å²) in [5.41, 5.74) is 0. The standard InChI is InChI=1S/C29H34O7S2/c1-37(30,31)36-38(25-9-3-2-4-10-25,26-17-13-23(14-18-26)34-28-11-5-7-21-32-28)27-19-15-24(16-20-27)35-29-12-6-8-22-33-29/h2-4,9-10,13-20,28-29H,5-8,11-12,21-22H2,1H3. The first-order valence-electron chi connectivity index (χ1n) is 13.0. The fourth-order valence-electron chi connectivity index (χ4n) is 4.66. The van der Waals surface area contributed by atoms with E-state index in [9.17, 15) is 8.42 Å². The first-order chi connectivity index (χ1) is 18.4. The Morgan fingerprint density at radius 2 is 1.08 bits per heavy atom. The molecule has 2 unspecified atom stereocenters. The van der Waals surface area contributed by atoms with Crippen molar-refractivity contribution in [3.63, 3.8) is 0 Å². The number of hydrogen-bond acceptors (Lipinski definition) is 7. The summed E-state index contributed by atoms with van der Waals surface area (Å²) >= 11 is 0. The van der Waals surface area contributed by atoms with Crippen LogP contribution >= 0.6 is 10.3 Å². The summed E-state index contributed by atoms with van der Waals surface area (Å²) in [5, 5.41) is 0. The second-order valence-electron chi connectivity index (χ2n) is 9.41. The van der Waals surface area contributed by atoms with E-state index in [1.807, 2.05) is 78.9 Å². The molecule has 2 aliphatic heterocycles. The van der Waals surface area contributed by atoms with E-state index in [-0.39, 0.29) is 12.6 Å². The zero-order valence-corrected chi connectivity index (χ0v) is 23.1. The van der Waals surface area contributed by atoms with Gasteiger partial charge < -0.3 is 18.9 Å². The lowest BCUT2D eigenvalue weighted by Gasteiger charge is -2.39. The van der Waals surface area contributed by atoms with Gasteiger partial charge in [-0.05, 0) is 96.7 Å². The minimum absolute atomic E-state index is 0.270. The molecule has 0 radical (unpaired) electrons. The van der Waals surface area contributed by atoms with Crippen LogP contribution in [0.1, 0.15) is 38.5 Å². The van der Waals surface area contributed by atoms with Crippen molar-refractivity contribution in [1.29, 1.82) is 0 Å².